The van der Waals surface area contributed by atoms with E-state index in [0.717, 1.165) is 32.6 Å². The topological polar surface area (TPSA) is 107 Å². The molecular weight excluding hydrogens is 629 g/mol. The number of hydrogen-bond donors (Lipinski definition) is 2. The second-order valence-corrected chi connectivity index (χ2v) is 14.3. The summed E-state index contributed by atoms with van der Waals surface area (Å²) in [7, 11) is 1.92. The number of rotatable bonds is 6. The van der Waals surface area contributed by atoms with Gasteiger partial charge in [-0.05, 0) is 92.8 Å². The molecule has 0 bridgehead atoms. The van der Waals surface area contributed by atoms with Crippen molar-refractivity contribution in [2.24, 2.45) is 7.05 Å². The first-order valence-electron chi connectivity index (χ1n) is 15.8. The van der Waals surface area contributed by atoms with Crippen LogP contribution >= 0.6 is 11.3 Å². The van der Waals surface area contributed by atoms with Crippen LogP contribution in [0.5, 0.6) is 5.75 Å². The molecule has 246 valence electrons. The van der Waals surface area contributed by atoms with Gasteiger partial charge in [-0.3, -0.25) is 4.68 Å². The van der Waals surface area contributed by atoms with Crippen molar-refractivity contribution in [2.45, 2.75) is 58.8 Å². The molecule has 0 aliphatic carbocycles. The quantitative estimate of drug-likeness (QED) is 0.183. The van der Waals surface area contributed by atoms with Crippen LogP contribution in [-0.4, -0.2) is 43.2 Å². The van der Waals surface area contributed by atoms with E-state index in [9.17, 15) is 15.0 Å². The van der Waals surface area contributed by atoms with Crippen molar-refractivity contribution in [2.75, 3.05) is 6.61 Å². The Bertz CT molecular complexity index is 2250. The Morgan fingerprint density at radius 2 is 1.85 bits per heavy atom. The Labute approximate surface area is 281 Å². The van der Waals surface area contributed by atoms with Gasteiger partial charge in [-0.2, -0.15) is 5.10 Å². The number of aliphatic hydroxyl groups is 1. The molecule has 0 saturated heterocycles. The number of aryl methyl sites for hydroxylation is 2. The van der Waals surface area contributed by atoms with Crippen molar-refractivity contribution in [3.05, 3.63) is 88.9 Å². The maximum atomic E-state index is 15.8. The highest BCUT2D eigenvalue weighted by Crippen LogP contribution is 2.48. The number of aromatic nitrogens is 3. The van der Waals surface area contributed by atoms with E-state index in [2.05, 4.69) is 35.4 Å². The molecule has 0 spiro atoms. The minimum atomic E-state index is -1.35. The molecule has 10 heteroatoms. The van der Waals surface area contributed by atoms with Crippen molar-refractivity contribution in [3.8, 4) is 38.6 Å². The molecular formula is C38H36FN3O5S. The molecule has 2 aromatic heterocycles. The molecule has 7 rings (SSSR count). The molecule has 0 amide bonds. The number of carbonyl (C=O) groups is 1. The molecule has 6 aromatic rings. The summed E-state index contributed by atoms with van der Waals surface area (Å²) in [6.07, 6.45) is -0.0896. The predicted molar refractivity (Wildman–Crippen MR) is 186 cm³/mol. The lowest BCUT2D eigenvalue weighted by atomic mass is 9.85. The van der Waals surface area contributed by atoms with Gasteiger partial charge >= 0.3 is 5.97 Å². The lowest BCUT2D eigenvalue weighted by Crippen LogP contribution is -2.28. The number of halogens is 1. The summed E-state index contributed by atoms with van der Waals surface area (Å²) in [6.45, 7) is 9.26. The third-order valence-corrected chi connectivity index (χ3v) is 9.99. The number of ether oxygens (including phenoxy) is 2. The molecule has 1 unspecified atom stereocenters. The van der Waals surface area contributed by atoms with Gasteiger partial charge in [0.25, 0.3) is 0 Å². The standard InChI is InChI=1S/C38H36FN3O5S/c1-19-14-27-35(48-36(41-27)23-9-7-8-21(15-23)22-10-11-28-24(16-22)18-40-42(28)6)32(30(19)34(37(44)45)47-38(3,4)5)25-17-26(39)33-31(20(25)2)29(43)12-13-46-33/h7-11,14-18,29,34,43H,12-13H2,1-6H3,(H,44,45)/t29?,34-/m0/s1. The van der Waals surface area contributed by atoms with E-state index >= 15 is 4.39 Å². The highest BCUT2D eigenvalue weighted by Gasteiger charge is 2.35. The van der Waals surface area contributed by atoms with Gasteiger partial charge in [0.1, 0.15) is 5.01 Å². The Morgan fingerprint density at radius 3 is 2.60 bits per heavy atom. The maximum absolute atomic E-state index is 15.8. The minimum absolute atomic E-state index is 0.0347. The van der Waals surface area contributed by atoms with Gasteiger partial charge in [0.2, 0.25) is 0 Å². The smallest absolute Gasteiger partial charge is 0.337 e. The van der Waals surface area contributed by atoms with Crippen LogP contribution < -0.4 is 4.74 Å². The van der Waals surface area contributed by atoms with Crippen LogP contribution in [0.2, 0.25) is 0 Å². The molecule has 4 aromatic carbocycles. The predicted octanol–water partition coefficient (Wildman–Crippen LogP) is 8.70. The van der Waals surface area contributed by atoms with Crippen LogP contribution in [0.3, 0.4) is 0 Å². The summed E-state index contributed by atoms with van der Waals surface area (Å²) in [5.41, 5.74) is 6.93. The van der Waals surface area contributed by atoms with Gasteiger partial charge < -0.3 is 19.7 Å². The third kappa shape index (κ3) is 5.53. The van der Waals surface area contributed by atoms with Crippen LogP contribution in [0.4, 0.5) is 4.39 Å². The van der Waals surface area contributed by atoms with Crippen molar-refractivity contribution < 1.29 is 28.9 Å². The van der Waals surface area contributed by atoms with Gasteiger partial charge in [-0.25, -0.2) is 14.2 Å². The largest absolute Gasteiger partial charge is 0.490 e. The fourth-order valence-corrected chi connectivity index (χ4v) is 7.78. The Balaban J connectivity index is 1.46. The molecule has 3 heterocycles. The molecule has 8 nitrogen and oxygen atoms in total. The maximum Gasteiger partial charge on any atom is 0.337 e. The summed E-state index contributed by atoms with van der Waals surface area (Å²) in [6, 6.07) is 17.6. The number of thiazole rings is 1. The fourth-order valence-electron chi connectivity index (χ4n) is 6.67. The van der Waals surface area contributed by atoms with Gasteiger partial charge in [-0.15, -0.1) is 11.3 Å². The zero-order valence-electron chi connectivity index (χ0n) is 27.6. The number of carboxylic acids is 1. The van der Waals surface area contributed by atoms with E-state index in [4.69, 9.17) is 14.5 Å². The summed E-state index contributed by atoms with van der Waals surface area (Å²) >= 11 is 1.42. The third-order valence-electron chi connectivity index (χ3n) is 8.86. The second kappa shape index (κ2) is 11.8. The molecule has 1 aliphatic heterocycles. The van der Waals surface area contributed by atoms with Gasteiger partial charge in [0, 0.05) is 41.1 Å². The monoisotopic (exact) mass is 665 g/mol. The number of hydrogen-bond acceptors (Lipinski definition) is 7. The normalized spacial score (nSPS) is 15.5. The average Bonchev–Trinajstić information content (AvgIpc) is 3.63. The molecule has 2 N–H and O–H groups in total. The zero-order chi connectivity index (χ0) is 34.1. The average molecular weight is 666 g/mol. The summed E-state index contributed by atoms with van der Waals surface area (Å²) < 4.78 is 30.2. The van der Waals surface area contributed by atoms with Crippen molar-refractivity contribution in [1.82, 2.24) is 14.8 Å². The first kappa shape index (κ1) is 31.9. The molecule has 1 aliphatic rings. The molecule has 2 atom stereocenters. The van der Waals surface area contributed by atoms with Crippen LogP contribution in [0.15, 0.2) is 60.8 Å². The Morgan fingerprint density at radius 1 is 1.10 bits per heavy atom. The zero-order valence-corrected chi connectivity index (χ0v) is 28.4. The first-order valence-corrected chi connectivity index (χ1v) is 16.6. The highest BCUT2D eigenvalue weighted by atomic mass is 32.1. The summed E-state index contributed by atoms with van der Waals surface area (Å²) in [4.78, 5) is 17.9. The number of nitrogens with zero attached hydrogens (tertiary/aromatic N) is 3. The SMILES string of the molecule is Cc1cc2nc(-c3cccc(-c4ccc5c(cnn5C)c4)c3)sc2c(-c2cc(F)c3c(c2C)C(O)CCO3)c1[C@H](OC(C)(C)C)C(=O)O. The molecule has 48 heavy (non-hydrogen) atoms. The van der Waals surface area contributed by atoms with Crippen LogP contribution in [-0.2, 0) is 16.6 Å². The molecule has 0 fully saturated rings. The van der Waals surface area contributed by atoms with E-state index in [-0.39, 0.29) is 12.4 Å². The van der Waals surface area contributed by atoms with Crippen LogP contribution in [0.25, 0.3) is 53.9 Å². The van der Waals surface area contributed by atoms with Crippen molar-refractivity contribution >= 4 is 38.4 Å². The lowest BCUT2D eigenvalue weighted by Gasteiger charge is -2.30. The highest BCUT2D eigenvalue weighted by molar-refractivity contribution is 7.22. The Kier molecular flexibility index (Phi) is 7.85. The number of carboxylic acid groups (broad SMARTS) is 1. The number of aliphatic carboxylic acids is 1. The van der Waals surface area contributed by atoms with Crippen molar-refractivity contribution in [3.63, 3.8) is 0 Å². The van der Waals surface area contributed by atoms with E-state index in [1.165, 1.54) is 17.4 Å². The van der Waals surface area contributed by atoms with E-state index < -0.39 is 29.6 Å². The van der Waals surface area contributed by atoms with E-state index in [1.54, 1.807) is 20.8 Å². The van der Waals surface area contributed by atoms with E-state index in [1.807, 2.05) is 50.0 Å². The van der Waals surface area contributed by atoms with Gasteiger partial charge in [0.05, 0.1) is 40.2 Å². The number of fused-ring (bicyclic) bond motifs is 3. The number of aliphatic hydroxyl groups excluding tert-OH is 1. The summed E-state index contributed by atoms with van der Waals surface area (Å²) in [5, 5.41) is 27.6. The molecule has 0 saturated carbocycles. The van der Waals surface area contributed by atoms with Crippen LogP contribution in [0.1, 0.15) is 61.7 Å². The summed E-state index contributed by atoms with van der Waals surface area (Å²) in [5.74, 6) is -1.74. The molecule has 0 radical (unpaired) electrons. The lowest BCUT2D eigenvalue weighted by molar-refractivity contribution is -0.160. The first-order chi connectivity index (χ1) is 22.8. The van der Waals surface area contributed by atoms with Gasteiger partial charge in [0.15, 0.2) is 17.7 Å². The minimum Gasteiger partial charge on any atom is -0.490 e. The number of benzene rings is 4. The van der Waals surface area contributed by atoms with E-state index in [0.29, 0.717) is 50.0 Å². The second-order valence-electron chi connectivity index (χ2n) is 13.3. The van der Waals surface area contributed by atoms with Crippen LogP contribution in [0, 0.1) is 19.7 Å². The Hall–Kier alpha value is -4.64. The van der Waals surface area contributed by atoms with Crippen molar-refractivity contribution in [1.29, 1.82) is 0 Å². The fraction of sp³-hybridized carbons (Fsp3) is 0.289. The van der Waals surface area contributed by atoms with Gasteiger partial charge in [-0.1, -0.05) is 24.3 Å².